The lowest BCUT2D eigenvalue weighted by Gasteiger charge is -2.11. The molecule has 1 aromatic heterocycles. The van der Waals surface area contributed by atoms with Crippen LogP contribution in [0.1, 0.15) is 35.4 Å². The highest BCUT2D eigenvalue weighted by Gasteiger charge is 2.09. The van der Waals surface area contributed by atoms with Gasteiger partial charge in [0.1, 0.15) is 11.6 Å². The van der Waals surface area contributed by atoms with Crippen molar-refractivity contribution in [3.63, 3.8) is 0 Å². The molecule has 34 heavy (non-hydrogen) atoms. The number of amides is 1. The van der Waals surface area contributed by atoms with Crippen LogP contribution in [0, 0.1) is 6.92 Å². The molecule has 170 valence electrons. The number of hydrogen-bond donors (Lipinski definition) is 2. The number of aryl methyl sites for hydroxylation is 1. The van der Waals surface area contributed by atoms with Crippen LogP contribution in [0.2, 0.25) is 0 Å². The summed E-state index contributed by atoms with van der Waals surface area (Å²) in [4.78, 5) is 33.6. The molecule has 6 heteroatoms. The Morgan fingerprint density at radius 1 is 0.765 bits per heavy atom. The van der Waals surface area contributed by atoms with Crippen LogP contribution in [0.15, 0.2) is 91.0 Å². The molecule has 0 aliphatic rings. The molecule has 1 amide bonds. The summed E-state index contributed by atoms with van der Waals surface area (Å²) in [6.45, 7) is 1.86. The molecule has 0 radical (unpaired) electrons. The Kier molecular flexibility index (Phi) is 7.40. The van der Waals surface area contributed by atoms with E-state index in [1.54, 1.807) is 12.1 Å². The maximum atomic E-state index is 12.4. The highest BCUT2D eigenvalue weighted by molar-refractivity contribution is 5.96. The molecule has 0 aliphatic heterocycles. The highest BCUT2D eigenvalue weighted by Crippen LogP contribution is 2.23. The lowest BCUT2D eigenvalue weighted by atomic mass is 10.1. The van der Waals surface area contributed by atoms with E-state index in [9.17, 15) is 9.59 Å². The molecule has 0 atom stereocenters. The maximum absolute atomic E-state index is 12.4. The van der Waals surface area contributed by atoms with Gasteiger partial charge in [-0.05, 0) is 31.5 Å². The third-order valence-electron chi connectivity index (χ3n) is 5.23. The number of nitrogens with zero attached hydrogens (tertiary/aromatic N) is 2. The van der Waals surface area contributed by atoms with Crippen LogP contribution in [-0.2, 0) is 4.79 Å². The molecule has 0 saturated carbocycles. The van der Waals surface area contributed by atoms with Crippen molar-refractivity contribution in [2.45, 2.75) is 26.2 Å². The average molecular weight is 451 g/mol. The van der Waals surface area contributed by atoms with Crippen LogP contribution in [0.25, 0.3) is 11.3 Å². The van der Waals surface area contributed by atoms with Crippen molar-refractivity contribution in [2.24, 2.45) is 0 Å². The molecule has 0 fully saturated rings. The fourth-order valence-electron chi connectivity index (χ4n) is 3.61. The number of aromatic nitrogens is 2. The monoisotopic (exact) mass is 450 g/mol. The largest absolute Gasteiger partial charge is 0.340 e. The van der Waals surface area contributed by atoms with E-state index in [0.29, 0.717) is 35.7 Å². The number of anilines is 3. The number of Topliss-reactive ketones (excluding diaryl/α,β-unsaturated/α-hetero) is 1. The zero-order chi connectivity index (χ0) is 23.8. The molecule has 4 rings (SSSR count). The van der Waals surface area contributed by atoms with Gasteiger partial charge in [0.15, 0.2) is 5.78 Å². The first kappa shape index (κ1) is 22.9. The molecule has 0 saturated heterocycles. The Hall–Kier alpha value is -4.32. The van der Waals surface area contributed by atoms with Crippen molar-refractivity contribution in [1.29, 1.82) is 0 Å². The van der Waals surface area contributed by atoms with Crippen LogP contribution in [0.3, 0.4) is 0 Å². The van der Waals surface area contributed by atoms with Crippen molar-refractivity contribution in [3.05, 3.63) is 102 Å². The van der Waals surface area contributed by atoms with E-state index in [2.05, 4.69) is 20.6 Å². The Bertz CT molecular complexity index is 1270. The second kappa shape index (κ2) is 11.0. The van der Waals surface area contributed by atoms with Crippen molar-refractivity contribution in [1.82, 2.24) is 9.97 Å². The molecule has 0 aliphatic carbocycles. The SMILES string of the molecule is Cc1nc(Nc2cccc(NC(=O)CCCC(=O)c3ccccc3)c2)cc(-c2ccccc2)n1. The minimum Gasteiger partial charge on any atom is -0.340 e. The summed E-state index contributed by atoms with van der Waals surface area (Å²) in [7, 11) is 0. The van der Waals surface area contributed by atoms with Crippen molar-refractivity contribution in [3.8, 4) is 11.3 Å². The molecule has 4 aromatic rings. The van der Waals surface area contributed by atoms with Gasteiger partial charge >= 0.3 is 0 Å². The standard InChI is InChI=1S/C28H26N4O2/c1-20-29-25(21-10-4-2-5-11-21)19-27(30-20)31-23-14-8-15-24(18-23)32-28(34)17-9-16-26(33)22-12-6-3-7-13-22/h2-8,10-15,18-19H,9,16-17H2,1H3,(H,32,34)(H,29,30,31). The van der Waals surface area contributed by atoms with Gasteiger partial charge in [-0.3, -0.25) is 9.59 Å². The minimum absolute atomic E-state index is 0.0506. The fraction of sp³-hybridized carbons (Fsp3) is 0.143. The first-order valence-corrected chi connectivity index (χ1v) is 11.2. The van der Waals surface area contributed by atoms with Crippen LogP contribution >= 0.6 is 0 Å². The Balaban J connectivity index is 1.35. The Morgan fingerprint density at radius 3 is 2.24 bits per heavy atom. The van der Waals surface area contributed by atoms with Gasteiger partial charge in [-0.25, -0.2) is 9.97 Å². The molecule has 0 unspecified atom stereocenters. The van der Waals surface area contributed by atoms with Crippen molar-refractivity contribution >= 4 is 28.9 Å². The number of carbonyl (C=O) groups excluding carboxylic acids is 2. The van der Waals surface area contributed by atoms with Crippen LogP contribution < -0.4 is 10.6 Å². The van der Waals surface area contributed by atoms with E-state index in [0.717, 1.165) is 16.9 Å². The average Bonchev–Trinajstić information content (AvgIpc) is 2.85. The number of benzene rings is 3. The molecule has 0 bridgehead atoms. The van der Waals surface area contributed by atoms with Gasteiger partial charge < -0.3 is 10.6 Å². The maximum Gasteiger partial charge on any atom is 0.224 e. The Labute approximate surface area is 199 Å². The normalized spacial score (nSPS) is 10.5. The van der Waals surface area contributed by atoms with E-state index in [4.69, 9.17) is 0 Å². The van der Waals surface area contributed by atoms with Gasteiger partial charge in [0.05, 0.1) is 5.69 Å². The quantitative estimate of drug-likeness (QED) is 0.297. The van der Waals surface area contributed by atoms with Crippen LogP contribution in [0.5, 0.6) is 0 Å². The topological polar surface area (TPSA) is 84.0 Å². The number of nitrogens with one attached hydrogen (secondary N) is 2. The number of ketones is 1. The summed E-state index contributed by atoms with van der Waals surface area (Å²) in [5.74, 6) is 1.27. The summed E-state index contributed by atoms with van der Waals surface area (Å²) in [5.41, 5.74) is 4.01. The van der Waals surface area contributed by atoms with Gasteiger partial charge in [0, 0.05) is 41.4 Å². The molecule has 2 N–H and O–H groups in total. The van der Waals surface area contributed by atoms with Gasteiger partial charge in [-0.1, -0.05) is 66.7 Å². The van der Waals surface area contributed by atoms with E-state index in [-0.39, 0.29) is 18.1 Å². The summed E-state index contributed by atoms with van der Waals surface area (Å²) in [6.07, 6.45) is 1.12. The number of carbonyl (C=O) groups is 2. The van der Waals surface area contributed by atoms with Gasteiger partial charge in [0.2, 0.25) is 5.91 Å². The predicted octanol–water partition coefficient (Wildman–Crippen LogP) is 6.19. The predicted molar refractivity (Wildman–Crippen MR) is 135 cm³/mol. The Morgan fingerprint density at radius 2 is 1.47 bits per heavy atom. The zero-order valence-electron chi connectivity index (χ0n) is 19.0. The van der Waals surface area contributed by atoms with E-state index < -0.39 is 0 Å². The first-order valence-electron chi connectivity index (χ1n) is 11.2. The van der Waals surface area contributed by atoms with E-state index >= 15 is 0 Å². The lowest BCUT2D eigenvalue weighted by molar-refractivity contribution is -0.116. The molecule has 0 spiro atoms. The van der Waals surface area contributed by atoms with Crippen LogP contribution in [0.4, 0.5) is 17.2 Å². The molecule has 3 aromatic carbocycles. The summed E-state index contributed by atoms with van der Waals surface area (Å²) in [5, 5.41) is 6.20. The zero-order valence-corrected chi connectivity index (χ0v) is 19.0. The second-order valence-electron chi connectivity index (χ2n) is 7.95. The van der Waals surface area contributed by atoms with E-state index in [1.165, 1.54) is 0 Å². The third kappa shape index (κ3) is 6.36. The van der Waals surface area contributed by atoms with Gasteiger partial charge in [-0.15, -0.1) is 0 Å². The number of hydrogen-bond acceptors (Lipinski definition) is 5. The van der Waals surface area contributed by atoms with Gasteiger partial charge in [0.25, 0.3) is 0 Å². The highest BCUT2D eigenvalue weighted by atomic mass is 16.1. The smallest absolute Gasteiger partial charge is 0.224 e. The van der Waals surface area contributed by atoms with Crippen LogP contribution in [-0.4, -0.2) is 21.7 Å². The molecule has 6 nitrogen and oxygen atoms in total. The van der Waals surface area contributed by atoms with E-state index in [1.807, 2.05) is 85.8 Å². The number of rotatable bonds is 9. The fourth-order valence-corrected chi connectivity index (χ4v) is 3.61. The third-order valence-corrected chi connectivity index (χ3v) is 5.23. The molecule has 1 heterocycles. The molecular weight excluding hydrogens is 424 g/mol. The van der Waals surface area contributed by atoms with Crippen molar-refractivity contribution < 1.29 is 9.59 Å². The minimum atomic E-state index is -0.123. The summed E-state index contributed by atoms with van der Waals surface area (Å²) < 4.78 is 0. The summed E-state index contributed by atoms with van der Waals surface area (Å²) >= 11 is 0. The van der Waals surface area contributed by atoms with Gasteiger partial charge in [-0.2, -0.15) is 0 Å². The summed E-state index contributed by atoms with van der Waals surface area (Å²) in [6, 6.07) is 28.4. The first-order chi connectivity index (χ1) is 16.6. The second-order valence-corrected chi connectivity index (χ2v) is 7.95. The molecular formula is C28H26N4O2. The van der Waals surface area contributed by atoms with Crippen molar-refractivity contribution in [2.75, 3.05) is 10.6 Å². The lowest BCUT2D eigenvalue weighted by Crippen LogP contribution is -2.12.